The van der Waals surface area contributed by atoms with Gasteiger partial charge in [0.15, 0.2) is 0 Å². The standard InChI is InChI=1S/C19H32N2O2/c1-6-15(7-2)17(22)12-20-18(23)21-13-19(4,5)16-10-8-9-14(3)11-16/h8-11,15,17,22H,6-7,12-13H2,1-5H3,(H2,20,21,23). The molecule has 0 aliphatic rings. The van der Waals surface area contributed by atoms with Crippen LogP contribution in [0.1, 0.15) is 51.7 Å². The minimum absolute atomic E-state index is 0.142. The second-order valence-electron chi connectivity index (χ2n) is 6.96. The molecule has 130 valence electrons. The molecule has 0 aliphatic heterocycles. The van der Waals surface area contributed by atoms with E-state index in [2.05, 4.69) is 63.5 Å². The van der Waals surface area contributed by atoms with Gasteiger partial charge in [-0.05, 0) is 18.4 Å². The molecular weight excluding hydrogens is 288 g/mol. The van der Waals surface area contributed by atoms with Crippen LogP contribution in [0.15, 0.2) is 24.3 Å². The Balaban J connectivity index is 2.46. The topological polar surface area (TPSA) is 61.4 Å². The van der Waals surface area contributed by atoms with E-state index >= 15 is 0 Å². The molecule has 4 heteroatoms. The summed E-state index contributed by atoms with van der Waals surface area (Å²) in [5.41, 5.74) is 2.28. The molecule has 1 rings (SSSR count). The summed E-state index contributed by atoms with van der Waals surface area (Å²) >= 11 is 0. The Morgan fingerprint density at radius 1 is 1.22 bits per heavy atom. The highest BCUT2D eigenvalue weighted by Crippen LogP contribution is 2.23. The Morgan fingerprint density at radius 2 is 1.87 bits per heavy atom. The van der Waals surface area contributed by atoms with Gasteiger partial charge in [-0.3, -0.25) is 0 Å². The molecule has 0 fully saturated rings. The van der Waals surface area contributed by atoms with E-state index in [1.807, 2.05) is 6.07 Å². The lowest BCUT2D eigenvalue weighted by molar-refractivity contribution is 0.103. The molecular formula is C19H32N2O2. The summed E-state index contributed by atoms with van der Waals surface area (Å²) in [6.45, 7) is 11.2. The van der Waals surface area contributed by atoms with E-state index in [9.17, 15) is 9.90 Å². The zero-order valence-corrected chi connectivity index (χ0v) is 15.1. The molecule has 1 atom stereocenters. The number of urea groups is 1. The number of nitrogens with one attached hydrogen (secondary N) is 2. The second kappa shape index (κ2) is 8.92. The van der Waals surface area contributed by atoms with E-state index in [1.165, 1.54) is 11.1 Å². The van der Waals surface area contributed by atoms with E-state index in [1.54, 1.807) is 0 Å². The molecule has 1 aromatic carbocycles. The average molecular weight is 320 g/mol. The molecule has 0 radical (unpaired) electrons. The second-order valence-corrected chi connectivity index (χ2v) is 6.96. The van der Waals surface area contributed by atoms with Crippen LogP contribution in [0.4, 0.5) is 4.79 Å². The smallest absolute Gasteiger partial charge is 0.314 e. The Kier molecular flexibility index (Phi) is 7.56. The van der Waals surface area contributed by atoms with Gasteiger partial charge in [-0.2, -0.15) is 0 Å². The van der Waals surface area contributed by atoms with Crippen molar-refractivity contribution in [2.75, 3.05) is 13.1 Å². The maximum atomic E-state index is 12.0. The lowest BCUT2D eigenvalue weighted by Crippen LogP contribution is -2.45. The zero-order chi connectivity index (χ0) is 17.5. The molecule has 1 unspecified atom stereocenters. The minimum Gasteiger partial charge on any atom is -0.391 e. The van der Waals surface area contributed by atoms with Crippen molar-refractivity contribution >= 4 is 6.03 Å². The molecule has 0 aliphatic carbocycles. The van der Waals surface area contributed by atoms with E-state index in [-0.39, 0.29) is 17.4 Å². The van der Waals surface area contributed by atoms with Crippen LogP contribution in [0.5, 0.6) is 0 Å². The van der Waals surface area contributed by atoms with Crippen LogP contribution < -0.4 is 10.6 Å². The predicted molar refractivity (Wildman–Crippen MR) is 95.7 cm³/mol. The van der Waals surface area contributed by atoms with Crippen molar-refractivity contribution in [3.63, 3.8) is 0 Å². The molecule has 0 bridgehead atoms. The molecule has 4 nitrogen and oxygen atoms in total. The molecule has 0 spiro atoms. The van der Waals surface area contributed by atoms with E-state index in [4.69, 9.17) is 0 Å². The molecule has 0 saturated carbocycles. The van der Waals surface area contributed by atoms with Crippen LogP contribution in [0.3, 0.4) is 0 Å². The van der Waals surface area contributed by atoms with Crippen LogP contribution in [0, 0.1) is 12.8 Å². The maximum absolute atomic E-state index is 12.0. The van der Waals surface area contributed by atoms with Gasteiger partial charge in [-0.1, -0.05) is 70.4 Å². The van der Waals surface area contributed by atoms with Crippen LogP contribution in [-0.2, 0) is 5.41 Å². The van der Waals surface area contributed by atoms with Gasteiger partial charge in [-0.15, -0.1) is 0 Å². The summed E-state index contributed by atoms with van der Waals surface area (Å²) in [5.74, 6) is 0.235. The molecule has 0 saturated heterocycles. The summed E-state index contributed by atoms with van der Waals surface area (Å²) in [5, 5.41) is 15.7. The van der Waals surface area contributed by atoms with Gasteiger partial charge >= 0.3 is 6.03 Å². The van der Waals surface area contributed by atoms with Crippen LogP contribution >= 0.6 is 0 Å². The largest absolute Gasteiger partial charge is 0.391 e. The lowest BCUT2D eigenvalue weighted by atomic mass is 9.84. The van der Waals surface area contributed by atoms with E-state index < -0.39 is 6.10 Å². The van der Waals surface area contributed by atoms with Gasteiger partial charge in [0.25, 0.3) is 0 Å². The third-order valence-corrected chi connectivity index (χ3v) is 4.56. The number of rotatable bonds is 8. The SMILES string of the molecule is CCC(CC)C(O)CNC(=O)NCC(C)(C)c1cccc(C)c1. The third-order valence-electron chi connectivity index (χ3n) is 4.56. The monoisotopic (exact) mass is 320 g/mol. The first-order valence-corrected chi connectivity index (χ1v) is 8.57. The van der Waals surface area contributed by atoms with Crippen LogP contribution in [-0.4, -0.2) is 30.3 Å². The summed E-state index contributed by atoms with van der Waals surface area (Å²) in [6, 6.07) is 8.12. The minimum atomic E-state index is -0.486. The molecule has 23 heavy (non-hydrogen) atoms. The van der Waals surface area contributed by atoms with Crippen molar-refractivity contribution < 1.29 is 9.90 Å². The predicted octanol–water partition coefficient (Wildman–Crippen LogP) is 3.37. The number of carbonyl (C=O) groups excluding carboxylic acids is 1. The van der Waals surface area contributed by atoms with Gasteiger partial charge in [-0.25, -0.2) is 4.79 Å². The summed E-state index contributed by atoms with van der Waals surface area (Å²) < 4.78 is 0. The lowest BCUT2D eigenvalue weighted by Gasteiger charge is -2.26. The first-order chi connectivity index (χ1) is 10.8. The molecule has 0 heterocycles. The number of aliphatic hydroxyl groups excluding tert-OH is 1. The summed E-state index contributed by atoms with van der Waals surface area (Å²) in [6.07, 6.45) is 1.35. The van der Waals surface area contributed by atoms with Crippen LogP contribution in [0.2, 0.25) is 0 Å². The number of aryl methyl sites for hydroxylation is 1. The molecule has 1 aromatic rings. The third kappa shape index (κ3) is 6.22. The number of aliphatic hydroxyl groups is 1. The molecule has 0 aromatic heterocycles. The quantitative estimate of drug-likeness (QED) is 0.688. The fourth-order valence-corrected chi connectivity index (χ4v) is 2.73. The van der Waals surface area contributed by atoms with E-state index in [0.29, 0.717) is 13.1 Å². The van der Waals surface area contributed by atoms with Gasteiger partial charge in [0.1, 0.15) is 0 Å². The normalized spacial score (nSPS) is 13.0. The van der Waals surface area contributed by atoms with Gasteiger partial charge in [0, 0.05) is 18.5 Å². The van der Waals surface area contributed by atoms with Gasteiger partial charge in [0.05, 0.1) is 6.10 Å². The fourth-order valence-electron chi connectivity index (χ4n) is 2.73. The van der Waals surface area contributed by atoms with Crippen molar-refractivity contribution in [1.29, 1.82) is 0 Å². The van der Waals surface area contributed by atoms with Crippen molar-refractivity contribution in [2.45, 2.75) is 59.0 Å². The Labute approximate surface area is 140 Å². The van der Waals surface area contributed by atoms with Crippen molar-refractivity contribution in [2.24, 2.45) is 5.92 Å². The number of amides is 2. The average Bonchev–Trinajstić information content (AvgIpc) is 2.52. The molecule has 2 amide bonds. The Hall–Kier alpha value is -1.55. The number of carbonyl (C=O) groups is 1. The van der Waals surface area contributed by atoms with Crippen molar-refractivity contribution in [3.8, 4) is 0 Å². The van der Waals surface area contributed by atoms with Gasteiger partial charge in [0.2, 0.25) is 0 Å². The Morgan fingerprint density at radius 3 is 2.43 bits per heavy atom. The first kappa shape index (κ1) is 19.5. The van der Waals surface area contributed by atoms with E-state index in [0.717, 1.165) is 12.8 Å². The number of benzene rings is 1. The summed E-state index contributed by atoms with van der Waals surface area (Å²) in [7, 11) is 0. The first-order valence-electron chi connectivity index (χ1n) is 8.57. The maximum Gasteiger partial charge on any atom is 0.314 e. The number of hydrogen-bond acceptors (Lipinski definition) is 2. The van der Waals surface area contributed by atoms with Crippen LogP contribution in [0.25, 0.3) is 0 Å². The highest BCUT2D eigenvalue weighted by Gasteiger charge is 2.22. The highest BCUT2D eigenvalue weighted by molar-refractivity contribution is 5.74. The fraction of sp³-hybridized carbons (Fsp3) is 0.632. The number of hydrogen-bond donors (Lipinski definition) is 3. The van der Waals surface area contributed by atoms with Crippen molar-refractivity contribution in [1.82, 2.24) is 10.6 Å². The van der Waals surface area contributed by atoms with Gasteiger partial charge < -0.3 is 15.7 Å². The highest BCUT2D eigenvalue weighted by atomic mass is 16.3. The molecule has 3 N–H and O–H groups in total. The Bertz CT molecular complexity index is 496. The van der Waals surface area contributed by atoms with Crippen molar-refractivity contribution in [3.05, 3.63) is 35.4 Å². The zero-order valence-electron chi connectivity index (χ0n) is 15.1. The summed E-state index contributed by atoms with van der Waals surface area (Å²) in [4.78, 5) is 12.0.